The van der Waals surface area contributed by atoms with E-state index < -0.39 is 6.04 Å². The van der Waals surface area contributed by atoms with Gasteiger partial charge in [-0.3, -0.25) is 9.69 Å². The lowest BCUT2D eigenvalue weighted by Gasteiger charge is -2.23. The molecule has 3 rings (SSSR count). The molecule has 1 aromatic heterocycles. The zero-order valence-electron chi connectivity index (χ0n) is 15.2. The van der Waals surface area contributed by atoms with Gasteiger partial charge in [0.2, 0.25) is 11.8 Å². The second-order valence-corrected chi connectivity index (χ2v) is 6.99. The summed E-state index contributed by atoms with van der Waals surface area (Å²) < 4.78 is 18.8. The summed E-state index contributed by atoms with van der Waals surface area (Å²) in [7, 11) is 3.59. The molecule has 1 N–H and O–H groups in total. The van der Waals surface area contributed by atoms with Gasteiger partial charge in [-0.05, 0) is 44.6 Å². The molecule has 1 aliphatic rings. The fraction of sp³-hybridized carbons (Fsp3) is 0.526. The Morgan fingerprint density at radius 1 is 1.38 bits per heavy atom. The van der Waals surface area contributed by atoms with E-state index in [0.717, 1.165) is 18.7 Å². The molecule has 0 aliphatic heterocycles. The van der Waals surface area contributed by atoms with Crippen LogP contribution in [0, 0.1) is 5.82 Å². The van der Waals surface area contributed by atoms with E-state index in [0.29, 0.717) is 30.3 Å². The summed E-state index contributed by atoms with van der Waals surface area (Å²) in [6.07, 6.45) is 5.15. The Morgan fingerprint density at radius 2 is 2.15 bits per heavy atom. The molecule has 0 bridgehead atoms. The van der Waals surface area contributed by atoms with Crippen LogP contribution in [0.5, 0.6) is 0 Å². The summed E-state index contributed by atoms with van der Waals surface area (Å²) in [5, 5.41) is 6.89. The van der Waals surface area contributed by atoms with Gasteiger partial charge in [0.05, 0.1) is 0 Å². The van der Waals surface area contributed by atoms with Crippen LogP contribution < -0.4 is 5.32 Å². The second kappa shape index (κ2) is 8.40. The highest BCUT2D eigenvalue weighted by atomic mass is 19.1. The highest BCUT2D eigenvalue weighted by Crippen LogP contribution is 2.32. The summed E-state index contributed by atoms with van der Waals surface area (Å²) in [6.45, 7) is 0.405. The van der Waals surface area contributed by atoms with Crippen molar-refractivity contribution in [2.75, 3.05) is 20.6 Å². The molecular weight excluding hydrogens is 335 g/mol. The van der Waals surface area contributed by atoms with Crippen LogP contribution in [-0.2, 0) is 11.2 Å². The highest BCUT2D eigenvalue weighted by molar-refractivity contribution is 5.83. The first kappa shape index (κ1) is 18.5. The van der Waals surface area contributed by atoms with Gasteiger partial charge in [0.1, 0.15) is 11.9 Å². The van der Waals surface area contributed by atoms with E-state index in [1.807, 2.05) is 0 Å². The minimum Gasteiger partial charge on any atom is -0.354 e. The van der Waals surface area contributed by atoms with E-state index in [1.165, 1.54) is 25.0 Å². The number of hydrogen-bond acceptors (Lipinski definition) is 5. The van der Waals surface area contributed by atoms with E-state index in [9.17, 15) is 9.18 Å². The van der Waals surface area contributed by atoms with Gasteiger partial charge in [0.15, 0.2) is 5.82 Å². The first-order valence-electron chi connectivity index (χ1n) is 9.06. The molecule has 1 aliphatic carbocycles. The first-order chi connectivity index (χ1) is 12.5. The Bertz CT molecular complexity index is 741. The Kier molecular flexibility index (Phi) is 5.98. The SMILES string of the molecule is CN(C)[C@@H](C(=O)NCCc1noc(C2CCCC2)n1)c1cccc(F)c1. The van der Waals surface area contributed by atoms with Crippen LogP contribution in [0.15, 0.2) is 28.8 Å². The lowest BCUT2D eigenvalue weighted by atomic mass is 10.1. The molecule has 0 unspecified atom stereocenters. The number of benzene rings is 1. The molecule has 1 atom stereocenters. The van der Waals surface area contributed by atoms with E-state index in [4.69, 9.17) is 4.52 Å². The van der Waals surface area contributed by atoms with Gasteiger partial charge in [-0.2, -0.15) is 4.98 Å². The van der Waals surface area contributed by atoms with Crippen LogP contribution >= 0.6 is 0 Å². The molecule has 1 amide bonds. The molecule has 0 radical (unpaired) electrons. The summed E-state index contributed by atoms with van der Waals surface area (Å²) in [5.74, 6) is 1.18. The van der Waals surface area contributed by atoms with Gasteiger partial charge >= 0.3 is 0 Å². The predicted octanol–water partition coefficient (Wildman–Crippen LogP) is 2.83. The van der Waals surface area contributed by atoms with E-state index >= 15 is 0 Å². The topological polar surface area (TPSA) is 71.3 Å². The predicted molar refractivity (Wildman–Crippen MR) is 95.0 cm³/mol. The molecular formula is C19H25FN4O2. The largest absolute Gasteiger partial charge is 0.354 e. The zero-order chi connectivity index (χ0) is 18.5. The van der Waals surface area contributed by atoms with Gasteiger partial charge in [0, 0.05) is 18.9 Å². The third-order valence-electron chi connectivity index (χ3n) is 4.77. The van der Waals surface area contributed by atoms with Crippen molar-refractivity contribution in [3.05, 3.63) is 47.4 Å². The number of rotatable bonds is 7. The van der Waals surface area contributed by atoms with Crippen LogP contribution in [0.2, 0.25) is 0 Å². The van der Waals surface area contributed by atoms with E-state index in [-0.39, 0.29) is 11.7 Å². The smallest absolute Gasteiger partial charge is 0.241 e. The van der Waals surface area contributed by atoms with Crippen molar-refractivity contribution in [2.24, 2.45) is 0 Å². The number of carbonyl (C=O) groups excluding carboxylic acids is 1. The van der Waals surface area contributed by atoms with Crippen molar-refractivity contribution in [3.63, 3.8) is 0 Å². The van der Waals surface area contributed by atoms with Crippen molar-refractivity contribution in [2.45, 2.75) is 44.1 Å². The molecule has 26 heavy (non-hydrogen) atoms. The fourth-order valence-corrected chi connectivity index (χ4v) is 3.46. The quantitative estimate of drug-likeness (QED) is 0.822. The van der Waals surface area contributed by atoms with Crippen LogP contribution in [0.3, 0.4) is 0 Å². The van der Waals surface area contributed by atoms with E-state index in [2.05, 4.69) is 15.5 Å². The molecule has 1 aromatic carbocycles. The van der Waals surface area contributed by atoms with E-state index in [1.54, 1.807) is 31.1 Å². The first-order valence-corrected chi connectivity index (χ1v) is 9.06. The Labute approximate surface area is 152 Å². The van der Waals surface area contributed by atoms with Crippen LogP contribution in [0.4, 0.5) is 4.39 Å². The molecule has 1 saturated carbocycles. The van der Waals surface area contributed by atoms with Crippen LogP contribution in [-0.4, -0.2) is 41.6 Å². The summed E-state index contributed by atoms with van der Waals surface area (Å²) in [6, 6.07) is 5.56. The Morgan fingerprint density at radius 3 is 2.85 bits per heavy atom. The maximum atomic E-state index is 13.5. The molecule has 7 heteroatoms. The van der Waals surface area contributed by atoms with Gasteiger partial charge in [-0.15, -0.1) is 0 Å². The molecule has 6 nitrogen and oxygen atoms in total. The summed E-state index contributed by atoms with van der Waals surface area (Å²) in [4.78, 5) is 18.8. The van der Waals surface area contributed by atoms with Gasteiger partial charge in [-0.1, -0.05) is 30.1 Å². The summed E-state index contributed by atoms with van der Waals surface area (Å²) >= 11 is 0. The monoisotopic (exact) mass is 360 g/mol. The summed E-state index contributed by atoms with van der Waals surface area (Å²) in [5.41, 5.74) is 0.621. The maximum absolute atomic E-state index is 13.5. The maximum Gasteiger partial charge on any atom is 0.241 e. The third kappa shape index (κ3) is 4.46. The molecule has 140 valence electrons. The molecule has 0 spiro atoms. The minimum atomic E-state index is -0.551. The number of likely N-dealkylation sites (N-methyl/N-ethyl adjacent to an activating group) is 1. The van der Waals surface area contributed by atoms with Gasteiger partial charge in [0.25, 0.3) is 0 Å². The molecule has 2 aromatic rings. The van der Waals surface area contributed by atoms with Crippen molar-refractivity contribution in [3.8, 4) is 0 Å². The van der Waals surface area contributed by atoms with Crippen molar-refractivity contribution < 1.29 is 13.7 Å². The lowest BCUT2D eigenvalue weighted by molar-refractivity contribution is -0.125. The number of nitrogens with one attached hydrogen (secondary N) is 1. The van der Waals surface area contributed by atoms with Crippen molar-refractivity contribution in [1.29, 1.82) is 0 Å². The van der Waals surface area contributed by atoms with Gasteiger partial charge < -0.3 is 9.84 Å². The number of amides is 1. The zero-order valence-corrected chi connectivity index (χ0v) is 15.2. The number of halogens is 1. The van der Waals surface area contributed by atoms with Crippen molar-refractivity contribution in [1.82, 2.24) is 20.4 Å². The van der Waals surface area contributed by atoms with Crippen LogP contribution in [0.1, 0.15) is 54.9 Å². The highest BCUT2D eigenvalue weighted by Gasteiger charge is 2.24. The van der Waals surface area contributed by atoms with Crippen molar-refractivity contribution >= 4 is 5.91 Å². The number of hydrogen-bond donors (Lipinski definition) is 1. The van der Waals surface area contributed by atoms with Gasteiger partial charge in [-0.25, -0.2) is 4.39 Å². The number of aromatic nitrogens is 2. The standard InChI is InChI=1S/C19H25FN4O2/c1-24(2)17(14-8-5-9-15(20)12-14)18(25)21-11-10-16-22-19(26-23-16)13-6-3-4-7-13/h5,8-9,12-13,17H,3-4,6-7,10-11H2,1-2H3,(H,21,25)/t17-/m1/s1. The average molecular weight is 360 g/mol. The Balaban J connectivity index is 1.55. The normalized spacial score (nSPS) is 16.2. The lowest BCUT2D eigenvalue weighted by Crippen LogP contribution is -2.38. The Hall–Kier alpha value is -2.28. The number of nitrogens with zero attached hydrogens (tertiary/aromatic N) is 3. The molecule has 1 heterocycles. The minimum absolute atomic E-state index is 0.180. The number of carbonyl (C=O) groups is 1. The third-order valence-corrected chi connectivity index (χ3v) is 4.77. The van der Waals surface area contributed by atoms with Crippen LogP contribution in [0.25, 0.3) is 0 Å². The fourth-order valence-electron chi connectivity index (χ4n) is 3.46. The average Bonchev–Trinajstić information content (AvgIpc) is 3.26. The molecule has 0 saturated heterocycles. The molecule has 1 fully saturated rings. The second-order valence-electron chi connectivity index (χ2n) is 6.99.